The highest BCUT2D eigenvalue weighted by molar-refractivity contribution is 5.81. The summed E-state index contributed by atoms with van der Waals surface area (Å²) in [5.74, 6) is 1.59. The third kappa shape index (κ3) is 2.92. The molecule has 5 heteroatoms. The second-order valence-corrected chi connectivity index (χ2v) is 11.0. The Bertz CT molecular complexity index is 1030. The average molecular weight is 424 g/mol. The monoisotopic (exact) mass is 423 g/mol. The third-order valence-electron chi connectivity index (χ3n) is 9.46. The van der Waals surface area contributed by atoms with Crippen LogP contribution in [0.25, 0.3) is 11.0 Å². The predicted octanol–water partition coefficient (Wildman–Crippen LogP) is 4.53. The van der Waals surface area contributed by atoms with Gasteiger partial charge in [-0.15, -0.1) is 0 Å². The first-order chi connectivity index (χ1) is 14.7. The van der Waals surface area contributed by atoms with Crippen LogP contribution < -0.4 is 0 Å². The molecule has 1 aliphatic heterocycles. The van der Waals surface area contributed by atoms with Gasteiger partial charge in [0, 0.05) is 38.1 Å². The first-order valence-corrected chi connectivity index (χ1v) is 12.0. The number of likely N-dealkylation sites (tertiary alicyclic amines) is 1. The van der Waals surface area contributed by atoms with Crippen LogP contribution in [-0.4, -0.2) is 46.2 Å². The van der Waals surface area contributed by atoms with E-state index in [1.807, 2.05) is 0 Å². The molecular formula is C26H37N3O2. The molecule has 1 amide bonds. The van der Waals surface area contributed by atoms with Crippen molar-refractivity contribution in [1.29, 1.82) is 0 Å². The van der Waals surface area contributed by atoms with Gasteiger partial charge in [0.15, 0.2) is 0 Å². The van der Waals surface area contributed by atoms with Gasteiger partial charge in [-0.3, -0.25) is 4.79 Å². The second kappa shape index (κ2) is 7.06. The molecule has 1 saturated heterocycles. The van der Waals surface area contributed by atoms with E-state index in [0.717, 1.165) is 56.4 Å². The van der Waals surface area contributed by atoms with Crippen molar-refractivity contribution in [2.45, 2.75) is 83.8 Å². The molecule has 0 radical (unpaired) electrons. The van der Waals surface area contributed by atoms with E-state index in [0.29, 0.717) is 12.0 Å². The number of carbonyl (C=O) groups is 1. The molecular weight excluding hydrogens is 386 g/mol. The lowest BCUT2D eigenvalue weighted by Crippen LogP contribution is -2.65. The van der Waals surface area contributed by atoms with E-state index in [9.17, 15) is 4.79 Å². The number of imidazole rings is 1. The van der Waals surface area contributed by atoms with E-state index in [2.05, 4.69) is 56.3 Å². The molecule has 0 spiro atoms. The maximum atomic E-state index is 13.7. The zero-order valence-corrected chi connectivity index (χ0v) is 20.0. The van der Waals surface area contributed by atoms with Crippen LogP contribution in [0, 0.1) is 18.3 Å². The number of fused-ring (bicyclic) bond motifs is 5. The van der Waals surface area contributed by atoms with Crippen LogP contribution in [-0.2, 0) is 28.4 Å². The average Bonchev–Trinajstić information content (AvgIpc) is 3.02. The summed E-state index contributed by atoms with van der Waals surface area (Å²) in [4.78, 5) is 20.7. The fourth-order valence-electron chi connectivity index (χ4n) is 6.76. The van der Waals surface area contributed by atoms with Crippen molar-refractivity contribution in [3.05, 3.63) is 29.1 Å². The zero-order valence-electron chi connectivity index (χ0n) is 20.0. The topological polar surface area (TPSA) is 47.4 Å². The number of aromatic nitrogens is 2. The molecule has 2 bridgehead atoms. The maximum Gasteiger partial charge on any atom is 0.225 e. The highest BCUT2D eigenvalue weighted by Crippen LogP contribution is 2.56. The number of methoxy groups -OCH3 is 1. The standard InChI is InChI=1S/C26H37N3O2/c1-16-27-21-13-18-14-23-25(2,3)26(4,20(18)15-22(21)28(16)5)11-12-29(23)24(30)17-7-9-19(31-6)10-8-17/h13,15,17,19,23H,7-12,14H2,1-6H3/t17?,19?,23-,26-/m0/s1. The molecule has 1 aromatic carbocycles. The summed E-state index contributed by atoms with van der Waals surface area (Å²) in [6, 6.07) is 4.94. The van der Waals surface area contributed by atoms with Crippen LogP contribution in [0.1, 0.15) is 69.8 Å². The number of rotatable bonds is 2. The first-order valence-electron chi connectivity index (χ1n) is 12.0. The Balaban J connectivity index is 1.51. The van der Waals surface area contributed by atoms with Crippen molar-refractivity contribution < 1.29 is 9.53 Å². The molecule has 31 heavy (non-hydrogen) atoms. The van der Waals surface area contributed by atoms with Gasteiger partial charge in [0.2, 0.25) is 5.91 Å². The Morgan fingerprint density at radius 2 is 1.87 bits per heavy atom. The maximum absolute atomic E-state index is 13.7. The fraction of sp³-hybridized carbons (Fsp3) is 0.692. The minimum absolute atomic E-state index is 0.0267. The number of hydrogen-bond donors (Lipinski definition) is 0. The Hall–Kier alpha value is -1.88. The molecule has 2 heterocycles. The van der Waals surface area contributed by atoms with E-state index in [1.165, 1.54) is 16.6 Å². The van der Waals surface area contributed by atoms with Gasteiger partial charge in [-0.1, -0.05) is 20.8 Å². The number of aryl methyl sites for hydroxylation is 2. The summed E-state index contributed by atoms with van der Waals surface area (Å²) in [7, 11) is 3.90. The highest BCUT2D eigenvalue weighted by atomic mass is 16.5. The van der Waals surface area contributed by atoms with Gasteiger partial charge in [0.05, 0.1) is 17.1 Å². The van der Waals surface area contributed by atoms with E-state index >= 15 is 0 Å². The SMILES string of the molecule is COC1CCC(C(=O)N2CC[C@@]3(C)c4cc5c(cc4C[C@H]2C3(C)C)nc(C)n5C)CC1. The summed E-state index contributed by atoms with van der Waals surface area (Å²) < 4.78 is 7.73. The summed E-state index contributed by atoms with van der Waals surface area (Å²) in [6.45, 7) is 10.1. The molecule has 2 fully saturated rings. The van der Waals surface area contributed by atoms with Crippen LogP contribution >= 0.6 is 0 Å². The molecule has 168 valence electrons. The highest BCUT2D eigenvalue weighted by Gasteiger charge is 2.57. The summed E-state index contributed by atoms with van der Waals surface area (Å²) in [6.07, 6.45) is 6.22. The largest absolute Gasteiger partial charge is 0.381 e. The fourth-order valence-corrected chi connectivity index (χ4v) is 6.76. The van der Waals surface area contributed by atoms with Crippen LogP contribution in [0.2, 0.25) is 0 Å². The lowest BCUT2D eigenvalue weighted by atomic mass is 9.51. The second-order valence-electron chi connectivity index (χ2n) is 11.0. The van der Waals surface area contributed by atoms with Crippen molar-refractivity contribution in [1.82, 2.24) is 14.5 Å². The number of hydrogen-bond acceptors (Lipinski definition) is 3. The third-order valence-corrected chi connectivity index (χ3v) is 9.46. The minimum atomic E-state index is 0.0267. The summed E-state index contributed by atoms with van der Waals surface area (Å²) >= 11 is 0. The number of nitrogens with zero attached hydrogens (tertiary/aromatic N) is 3. The van der Waals surface area contributed by atoms with Crippen molar-refractivity contribution in [3.63, 3.8) is 0 Å². The quantitative estimate of drug-likeness (QED) is 0.713. The molecule has 2 atom stereocenters. The lowest BCUT2D eigenvalue weighted by Gasteiger charge is -2.61. The van der Waals surface area contributed by atoms with Gasteiger partial charge in [0.1, 0.15) is 5.82 Å². The molecule has 0 unspecified atom stereocenters. The van der Waals surface area contributed by atoms with E-state index < -0.39 is 0 Å². The normalized spacial score (nSPS) is 32.2. The van der Waals surface area contributed by atoms with Gasteiger partial charge in [0.25, 0.3) is 0 Å². The van der Waals surface area contributed by atoms with Crippen molar-refractivity contribution in [2.24, 2.45) is 18.4 Å². The minimum Gasteiger partial charge on any atom is -0.381 e. The predicted molar refractivity (Wildman–Crippen MR) is 123 cm³/mol. The number of benzene rings is 1. The van der Waals surface area contributed by atoms with Crippen LogP contribution in [0.5, 0.6) is 0 Å². The number of amides is 1. The Kier molecular flexibility index (Phi) is 4.78. The molecule has 2 aromatic rings. The van der Waals surface area contributed by atoms with Crippen molar-refractivity contribution in [3.8, 4) is 0 Å². The molecule has 5 rings (SSSR count). The zero-order chi connectivity index (χ0) is 22.1. The summed E-state index contributed by atoms with van der Waals surface area (Å²) in [5, 5.41) is 0. The molecule has 5 nitrogen and oxygen atoms in total. The van der Waals surface area contributed by atoms with E-state index in [4.69, 9.17) is 9.72 Å². The Labute approximate surface area is 186 Å². The first kappa shape index (κ1) is 21.0. The van der Waals surface area contributed by atoms with Gasteiger partial charge in [-0.2, -0.15) is 0 Å². The molecule has 3 aliphatic rings. The van der Waals surface area contributed by atoms with Crippen LogP contribution in [0.15, 0.2) is 12.1 Å². The smallest absolute Gasteiger partial charge is 0.225 e. The van der Waals surface area contributed by atoms with Crippen molar-refractivity contribution in [2.75, 3.05) is 13.7 Å². The van der Waals surface area contributed by atoms with E-state index in [-0.39, 0.29) is 22.8 Å². The van der Waals surface area contributed by atoms with Gasteiger partial charge in [-0.05, 0) is 74.1 Å². The molecule has 1 saturated carbocycles. The van der Waals surface area contributed by atoms with Crippen molar-refractivity contribution >= 4 is 16.9 Å². The van der Waals surface area contributed by atoms with E-state index in [1.54, 1.807) is 7.11 Å². The lowest BCUT2D eigenvalue weighted by molar-refractivity contribution is -0.150. The van der Waals surface area contributed by atoms with Gasteiger partial charge < -0.3 is 14.2 Å². The van der Waals surface area contributed by atoms with Gasteiger partial charge >= 0.3 is 0 Å². The molecule has 1 aromatic heterocycles. The molecule has 2 aliphatic carbocycles. The Morgan fingerprint density at radius 1 is 1.16 bits per heavy atom. The number of piperidine rings is 1. The Morgan fingerprint density at radius 3 is 2.55 bits per heavy atom. The number of ether oxygens (including phenoxy) is 1. The molecule has 0 N–H and O–H groups in total. The van der Waals surface area contributed by atoms with Crippen LogP contribution in [0.3, 0.4) is 0 Å². The van der Waals surface area contributed by atoms with Crippen LogP contribution in [0.4, 0.5) is 0 Å². The summed E-state index contributed by atoms with van der Waals surface area (Å²) in [5.41, 5.74) is 5.24. The number of carbonyl (C=O) groups excluding carboxylic acids is 1. The van der Waals surface area contributed by atoms with Gasteiger partial charge in [-0.25, -0.2) is 4.98 Å².